The van der Waals surface area contributed by atoms with Crippen LogP contribution in [0.4, 0.5) is 0 Å². The Balaban J connectivity index is 2.08. The third-order valence-electron chi connectivity index (χ3n) is 3.95. The van der Waals surface area contributed by atoms with Gasteiger partial charge in [0.1, 0.15) is 5.76 Å². The molecule has 0 bridgehead atoms. The van der Waals surface area contributed by atoms with Gasteiger partial charge in [-0.15, -0.1) is 0 Å². The highest BCUT2D eigenvalue weighted by atomic mass is 16.3. The lowest BCUT2D eigenvalue weighted by Gasteiger charge is -2.06. The van der Waals surface area contributed by atoms with Gasteiger partial charge in [-0.05, 0) is 18.6 Å². The Morgan fingerprint density at radius 1 is 1.00 bits per heavy atom. The fourth-order valence-corrected chi connectivity index (χ4v) is 2.99. The molecular weight excluding hydrogens is 274 g/mol. The molecule has 2 aromatic carbocycles. The highest BCUT2D eigenvalue weighted by molar-refractivity contribution is 6.05. The van der Waals surface area contributed by atoms with Gasteiger partial charge >= 0.3 is 0 Å². The number of hydrogen-bond acceptors (Lipinski definition) is 2. The Labute approximate surface area is 127 Å². The van der Waals surface area contributed by atoms with E-state index >= 15 is 0 Å². The first-order chi connectivity index (χ1) is 10.7. The van der Waals surface area contributed by atoms with Crippen molar-refractivity contribution in [2.24, 2.45) is 0 Å². The maximum atomic E-state index is 12.4. The lowest BCUT2D eigenvalue weighted by Crippen LogP contribution is -2.03. The fourth-order valence-electron chi connectivity index (χ4n) is 2.99. The van der Waals surface area contributed by atoms with Gasteiger partial charge in [-0.1, -0.05) is 48.5 Å². The van der Waals surface area contributed by atoms with Crippen molar-refractivity contribution in [2.75, 3.05) is 0 Å². The van der Waals surface area contributed by atoms with E-state index in [1.54, 1.807) is 6.07 Å². The molecule has 3 nitrogen and oxygen atoms in total. The van der Waals surface area contributed by atoms with Crippen LogP contribution in [0.5, 0.6) is 0 Å². The summed E-state index contributed by atoms with van der Waals surface area (Å²) >= 11 is 0. The monoisotopic (exact) mass is 289 g/mol. The minimum Gasteiger partial charge on any atom is -0.445 e. The predicted molar refractivity (Wildman–Crippen MR) is 88.3 cm³/mol. The van der Waals surface area contributed by atoms with Gasteiger partial charge in [0.15, 0.2) is 5.43 Å². The van der Waals surface area contributed by atoms with E-state index in [2.05, 4.69) is 16.7 Å². The quantitative estimate of drug-likeness (QED) is 0.557. The number of hydrogen-bond donors (Lipinski definition) is 0. The van der Waals surface area contributed by atoms with Crippen LogP contribution in [0, 0.1) is 6.92 Å². The Bertz CT molecular complexity index is 1030. The van der Waals surface area contributed by atoms with E-state index in [9.17, 15) is 4.79 Å². The molecule has 108 valence electrons. The van der Waals surface area contributed by atoms with Gasteiger partial charge in [-0.3, -0.25) is 4.79 Å². The van der Waals surface area contributed by atoms with Gasteiger partial charge in [0, 0.05) is 11.5 Å². The number of aryl methyl sites for hydroxylation is 1. The summed E-state index contributed by atoms with van der Waals surface area (Å²) in [5, 5.41) is 1.61. The minimum atomic E-state index is 0.0155. The molecule has 0 amide bonds. The van der Waals surface area contributed by atoms with Crippen molar-refractivity contribution in [3.8, 4) is 0 Å². The van der Waals surface area contributed by atoms with Crippen molar-refractivity contribution in [3.63, 3.8) is 0 Å². The summed E-state index contributed by atoms with van der Waals surface area (Å²) in [5.41, 5.74) is 2.86. The number of fused-ring (bicyclic) bond motifs is 3. The molecule has 0 atom stereocenters. The number of aromatic nitrogens is 1. The van der Waals surface area contributed by atoms with Crippen LogP contribution in [-0.2, 0) is 6.54 Å². The molecule has 3 heteroatoms. The Hall–Kier alpha value is -2.81. The van der Waals surface area contributed by atoms with Crippen LogP contribution in [0.2, 0.25) is 0 Å². The topological polar surface area (TPSA) is 35.1 Å². The highest BCUT2D eigenvalue weighted by Gasteiger charge is 2.15. The zero-order valence-corrected chi connectivity index (χ0v) is 12.2. The van der Waals surface area contributed by atoms with E-state index in [1.165, 1.54) is 5.56 Å². The zero-order valence-electron chi connectivity index (χ0n) is 12.2. The summed E-state index contributed by atoms with van der Waals surface area (Å²) in [6, 6.07) is 19.7. The van der Waals surface area contributed by atoms with E-state index in [0.717, 1.165) is 10.9 Å². The van der Waals surface area contributed by atoms with Crippen LogP contribution in [0.3, 0.4) is 0 Å². The molecule has 4 aromatic rings. The summed E-state index contributed by atoms with van der Waals surface area (Å²) in [4.78, 5) is 12.4. The molecule has 0 spiro atoms. The van der Waals surface area contributed by atoms with Crippen molar-refractivity contribution in [2.45, 2.75) is 13.5 Å². The van der Waals surface area contributed by atoms with Crippen molar-refractivity contribution in [3.05, 3.63) is 82.2 Å². The molecular formula is C19H15NO2. The van der Waals surface area contributed by atoms with E-state index in [0.29, 0.717) is 23.4 Å². The second kappa shape index (κ2) is 4.88. The van der Waals surface area contributed by atoms with E-state index in [1.807, 2.05) is 49.4 Å². The second-order valence-electron chi connectivity index (χ2n) is 5.49. The SMILES string of the molecule is Cc1cc(=O)c2c3ccccc3n(Cc3ccccc3)c2o1. The van der Waals surface area contributed by atoms with Crippen LogP contribution in [0.1, 0.15) is 11.3 Å². The third-order valence-corrected chi connectivity index (χ3v) is 3.95. The molecule has 0 saturated carbocycles. The van der Waals surface area contributed by atoms with E-state index in [-0.39, 0.29) is 5.43 Å². The van der Waals surface area contributed by atoms with Gasteiger partial charge < -0.3 is 8.98 Å². The Morgan fingerprint density at radius 2 is 1.73 bits per heavy atom. The molecule has 0 N–H and O–H groups in total. The largest absolute Gasteiger partial charge is 0.445 e. The van der Waals surface area contributed by atoms with E-state index < -0.39 is 0 Å². The number of para-hydroxylation sites is 1. The average molecular weight is 289 g/mol. The standard InChI is InChI=1S/C19H15NO2/c1-13-11-17(21)18-15-9-5-6-10-16(15)20(19(18)22-13)12-14-7-3-2-4-8-14/h2-11H,12H2,1H3. The molecule has 0 radical (unpaired) electrons. The molecule has 4 rings (SSSR count). The molecule has 0 unspecified atom stereocenters. The molecule has 0 aliphatic heterocycles. The summed E-state index contributed by atoms with van der Waals surface area (Å²) in [7, 11) is 0. The lowest BCUT2D eigenvalue weighted by molar-refractivity contribution is 0.536. The smallest absolute Gasteiger partial charge is 0.212 e. The molecule has 0 aliphatic carbocycles. The van der Waals surface area contributed by atoms with Crippen molar-refractivity contribution in [1.82, 2.24) is 4.57 Å². The second-order valence-corrected chi connectivity index (χ2v) is 5.49. The maximum absolute atomic E-state index is 12.4. The average Bonchev–Trinajstić information content (AvgIpc) is 2.83. The molecule has 0 saturated heterocycles. The summed E-state index contributed by atoms with van der Waals surface area (Å²) in [6.45, 7) is 2.49. The van der Waals surface area contributed by atoms with E-state index in [4.69, 9.17) is 4.42 Å². The summed E-state index contributed by atoms with van der Waals surface area (Å²) < 4.78 is 7.97. The summed E-state index contributed by atoms with van der Waals surface area (Å²) in [6.07, 6.45) is 0. The molecule has 2 aromatic heterocycles. The van der Waals surface area contributed by atoms with Crippen molar-refractivity contribution < 1.29 is 4.42 Å². The van der Waals surface area contributed by atoms with Crippen LogP contribution < -0.4 is 5.43 Å². The van der Waals surface area contributed by atoms with Gasteiger partial charge in [-0.25, -0.2) is 0 Å². The normalized spacial score (nSPS) is 11.3. The maximum Gasteiger partial charge on any atom is 0.212 e. The molecule has 22 heavy (non-hydrogen) atoms. The van der Waals surface area contributed by atoms with Crippen LogP contribution >= 0.6 is 0 Å². The number of benzene rings is 2. The van der Waals surface area contributed by atoms with Crippen LogP contribution in [0.25, 0.3) is 22.0 Å². The fraction of sp³-hybridized carbons (Fsp3) is 0.105. The Kier molecular flexibility index (Phi) is 2.86. The zero-order chi connectivity index (χ0) is 15.1. The molecule has 2 heterocycles. The lowest BCUT2D eigenvalue weighted by atomic mass is 10.2. The Morgan fingerprint density at radius 3 is 2.55 bits per heavy atom. The molecule has 0 fully saturated rings. The highest BCUT2D eigenvalue weighted by Crippen LogP contribution is 2.28. The first-order valence-corrected chi connectivity index (χ1v) is 7.29. The van der Waals surface area contributed by atoms with Crippen LogP contribution in [0.15, 0.2) is 69.9 Å². The van der Waals surface area contributed by atoms with Gasteiger partial charge in [0.05, 0.1) is 17.4 Å². The third kappa shape index (κ3) is 1.94. The minimum absolute atomic E-state index is 0.0155. The van der Waals surface area contributed by atoms with Crippen molar-refractivity contribution in [1.29, 1.82) is 0 Å². The molecule has 0 aliphatic rings. The first kappa shape index (κ1) is 12.9. The van der Waals surface area contributed by atoms with Crippen LogP contribution in [-0.4, -0.2) is 4.57 Å². The number of nitrogens with zero attached hydrogens (tertiary/aromatic N) is 1. The number of rotatable bonds is 2. The van der Waals surface area contributed by atoms with Crippen molar-refractivity contribution >= 4 is 22.0 Å². The predicted octanol–water partition coefficient (Wildman–Crippen LogP) is 4.10. The van der Waals surface area contributed by atoms with Gasteiger partial charge in [-0.2, -0.15) is 0 Å². The van der Waals surface area contributed by atoms with Gasteiger partial charge in [0.2, 0.25) is 5.71 Å². The summed E-state index contributed by atoms with van der Waals surface area (Å²) in [5.74, 6) is 0.634. The first-order valence-electron chi connectivity index (χ1n) is 7.29. The van der Waals surface area contributed by atoms with Gasteiger partial charge in [0.25, 0.3) is 0 Å².